The fourth-order valence-corrected chi connectivity index (χ4v) is 3.24. The van der Waals surface area contributed by atoms with Crippen LogP contribution < -0.4 is 10.6 Å². The molecule has 0 saturated heterocycles. The molecule has 2 aromatic heterocycles. The van der Waals surface area contributed by atoms with E-state index in [1.807, 2.05) is 24.4 Å². The number of hydrogen-bond donors (Lipinski definition) is 2. The van der Waals surface area contributed by atoms with E-state index in [-0.39, 0.29) is 24.0 Å². The number of hydrogen-bond acceptors (Lipinski definition) is 4. The maximum absolute atomic E-state index is 5.82. The van der Waals surface area contributed by atoms with Crippen molar-refractivity contribution in [3.8, 4) is 0 Å². The van der Waals surface area contributed by atoms with Crippen LogP contribution in [0.1, 0.15) is 22.6 Å². The van der Waals surface area contributed by atoms with E-state index >= 15 is 0 Å². The van der Waals surface area contributed by atoms with Crippen LogP contribution in [0.25, 0.3) is 11.0 Å². The highest BCUT2D eigenvalue weighted by atomic mass is 127. The van der Waals surface area contributed by atoms with Gasteiger partial charge in [-0.3, -0.25) is 4.99 Å². The van der Waals surface area contributed by atoms with Crippen LogP contribution in [0, 0.1) is 0 Å². The Bertz CT molecular complexity index is 794. The third kappa shape index (κ3) is 5.43. The monoisotopic (exact) mass is 470 g/mol. The number of nitrogens with one attached hydrogen (secondary N) is 2. The van der Waals surface area contributed by atoms with E-state index < -0.39 is 0 Å². The number of nitrogens with zero attached hydrogens (tertiary/aromatic N) is 2. The van der Waals surface area contributed by atoms with Gasteiger partial charge in [-0.15, -0.1) is 35.3 Å². The second-order valence-corrected chi connectivity index (χ2v) is 6.63. The molecular formula is C18H23IN4OS. The van der Waals surface area contributed by atoms with Gasteiger partial charge in [-0.1, -0.05) is 25.1 Å². The normalized spacial score (nSPS) is 11.4. The van der Waals surface area contributed by atoms with Crippen molar-refractivity contribution in [2.75, 3.05) is 13.6 Å². The van der Waals surface area contributed by atoms with Crippen molar-refractivity contribution >= 4 is 52.2 Å². The lowest BCUT2D eigenvalue weighted by Gasteiger charge is -2.10. The molecule has 1 aromatic carbocycles. The Kier molecular flexibility index (Phi) is 7.70. The number of para-hydroxylation sites is 1. The molecule has 3 rings (SSSR count). The van der Waals surface area contributed by atoms with E-state index in [2.05, 4.69) is 39.7 Å². The number of aliphatic imine (C=N–C) groups is 1. The molecule has 5 nitrogen and oxygen atoms in total. The summed E-state index contributed by atoms with van der Waals surface area (Å²) in [7, 11) is 1.77. The van der Waals surface area contributed by atoms with Crippen molar-refractivity contribution in [3.05, 3.63) is 52.2 Å². The Morgan fingerprint density at radius 3 is 2.84 bits per heavy atom. The smallest absolute Gasteiger partial charge is 0.191 e. The Balaban J connectivity index is 0.00000225. The van der Waals surface area contributed by atoms with Gasteiger partial charge in [0.25, 0.3) is 0 Å². The number of rotatable bonds is 6. The SMILES string of the molecule is CCc1cnc(CNC(=NC)NCCc2cc3ccccc3o2)s1.I. The first-order valence-corrected chi connectivity index (χ1v) is 8.95. The summed E-state index contributed by atoms with van der Waals surface area (Å²) in [6, 6.07) is 10.2. The minimum absolute atomic E-state index is 0. The molecule has 0 amide bonds. The summed E-state index contributed by atoms with van der Waals surface area (Å²) < 4.78 is 5.82. The summed E-state index contributed by atoms with van der Waals surface area (Å²) in [4.78, 5) is 9.95. The van der Waals surface area contributed by atoms with Gasteiger partial charge in [-0.25, -0.2) is 4.98 Å². The first-order valence-electron chi connectivity index (χ1n) is 8.14. The number of aromatic nitrogens is 1. The zero-order chi connectivity index (χ0) is 16.8. The van der Waals surface area contributed by atoms with Crippen molar-refractivity contribution in [1.82, 2.24) is 15.6 Å². The third-order valence-electron chi connectivity index (χ3n) is 3.72. The molecule has 0 aliphatic heterocycles. The topological polar surface area (TPSA) is 62.5 Å². The molecule has 25 heavy (non-hydrogen) atoms. The van der Waals surface area contributed by atoms with E-state index in [0.717, 1.165) is 47.1 Å². The predicted octanol–water partition coefficient (Wildman–Crippen LogP) is 3.98. The van der Waals surface area contributed by atoms with Gasteiger partial charge in [0.1, 0.15) is 16.4 Å². The fraction of sp³-hybridized carbons (Fsp3) is 0.333. The highest BCUT2D eigenvalue weighted by Crippen LogP contribution is 2.18. The Morgan fingerprint density at radius 1 is 1.28 bits per heavy atom. The highest BCUT2D eigenvalue weighted by molar-refractivity contribution is 14.0. The fourth-order valence-electron chi connectivity index (χ4n) is 2.44. The van der Waals surface area contributed by atoms with Crippen LogP contribution in [-0.2, 0) is 19.4 Å². The molecule has 0 spiro atoms. The summed E-state index contributed by atoms with van der Waals surface area (Å²) in [5, 5.41) is 8.82. The van der Waals surface area contributed by atoms with Gasteiger partial charge in [0, 0.05) is 36.5 Å². The number of fused-ring (bicyclic) bond motifs is 1. The lowest BCUT2D eigenvalue weighted by atomic mass is 10.2. The van der Waals surface area contributed by atoms with Gasteiger partial charge in [0.2, 0.25) is 0 Å². The largest absolute Gasteiger partial charge is 0.461 e. The van der Waals surface area contributed by atoms with Crippen LogP contribution in [0.4, 0.5) is 0 Å². The number of guanidine groups is 1. The summed E-state index contributed by atoms with van der Waals surface area (Å²) in [6.45, 7) is 3.59. The van der Waals surface area contributed by atoms with Crippen molar-refractivity contribution < 1.29 is 4.42 Å². The molecule has 134 valence electrons. The molecular weight excluding hydrogens is 447 g/mol. The highest BCUT2D eigenvalue weighted by Gasteiger charge is 2.05. The van der Waals surface area contributed by atoms with Crippen molar-refractivity contribution in [3.63, 3.8) is 0 Å². The van der Waals surface area contributed by atoms with E-state index in [4.69, 9.17) is 4.42 Å². The first-order chi connectivity index (χ1) is 11.8. The lowest BCUT2D eigenvalue weighted by Crippen LogP contribution is -2.37. The minimum atomic E-state index is 0. The van der Waals surface area contributed by atoms with E-state index in [0.29, 0.717) is 6.54 Å². The summed E-state index contributed by atoms with van der Waals surface area (Å²) >= 11 is 1.74. The van der Waals surface area contributed by atoms with Gasteiger partial charge in [0.15, 0.2) is 5.96 Å². The summed E-state index contributed by atoms with van der Waals surface area (Å²) in [5.41, 5.74) is 0.936. The number of aryl methyl sites for hydroxylation is 1. The quantitative estimate of drug-likeness (QED) is 0.325. The number of benzene rings is 1. The average Bonchev–Trinajstić information content (AvgIpc) is 3.23. The standard InChI is InChI=1S/C18H22N4OS.HI/c1-3-15-11-21-17(24-15)12-22-18(19-2)20-9-8-14-10-13-6-4-5-7-16(13)23-14;/h4-7,10-11H,3,8-9,12H2,1-2H3,(H2,19,20,22);1H. The van der Waals surface area contributed by atoms with Gasteiger partial charge >= 0.3 is 0 Å². The van der Waals surface area contributed by atoms with Gasteiger partial charge < -0.3 is 15.1 Å². The van der Waals surface area contributed by atoms with Gasteiger partial charge in [-0.05, 0) is 18.6 Å². The second kappa shape index (κ2) is 9.76. The Hall–Kier alpha value is -1.61. The Labute approximate surface area is 169 Å². The Morgan fingerprint density at radius 2 is 2.12 bits per heavy atom. The second-order valence-electron chi connectivity index (χ2n) is 5.43. The summed E-state index contributed by atoms with van der Waals surface area (Å²) in [6.07, 6.45) is 3.79. The number of halogens is 1. The van der Waals surface area contributed by atoms with Crippen LogP contribution >= 0.6 is 35.3 Å². The van der Waals surface area contributed by atoms with Crippen molar-refractivity contribution in [2.45, 2.75) is 26.3 Å². The maximum Gasteiger partial charge on any atom is 0.191 e. The predicted molar refractivity (Wildman–Crippen MR) is 115 cm³/mol. The molecule has 0 radical (unpaired) electrons. The molecule has 0 aliphatic carbocycles. The molecule has 0 bridgehead atoms. The van der Waals surface area contributed by atoms with Crippen LogP contribution in [0.2, 0.25) is 0 Å². The zero-order valence-electron chi connectivity index (χ0n) is 14.4. The molecule has 7 heteroatoms. The summed E-state index contributed by atoms with van der Waals surface area (Å²) in [5.74, 6) is 1.76. The average molecular weight is 470 g/mol. The first kappa shape index (κ1) is 19.7. The van der Waals surface area contributed by atoms with Gasteiger partial charge in [-0.2, -0.15) is 0 Å². The van der Waals surface area contributed by atoms with Crippen molar-refractivity contribution in [1.29, 1.82) is 0 Å². The maximum atomic E-state index is 5.82. The van der Waals surface area contributed by atoms with E-state index in [1.165, 1.54) is 4.88 Å². The number of furan rings is 1. The van der Waals surface area contributed by atoms with Crippen molar-refractivity contribution in [2.24, 2.45) is 4.99 Å². The van der Waals surface area contributed by atoms with E-state index in [1.54, 1.807) is 18.4 Å². The molecule has 3 aromatic rings. The molecule has 0 atom stereocenters. The van der Waals surface area contributed by atoms with Crippen LogP contribution in [-0.4, -0.2) is 24.5 Å². The van der Waals surface area contributed by atoms with E-state index in [9.17, 15) is 0 Å². The molecule has 0 saturated carbocycles. The minimum Gasteiger partial charge on any atom is -0.461 e. The van der Waals surface area contributed by atoms with Crippen LogP contribution in [0.3, 0.4) is 0 Å². The molecule has 0 unspecified atom stereocenters. The molecule has 2 heterocycles. The lowest BCUT2D eigenvalue weighted by molar-refractivity contribution is 0.544. The molecule has 0 aliphatic rings. The molecule has 0 fully saturated rings. The number of thiazole rings is 1. The molecule has 2 N–H and O–H groups in total. The third-order valence-corrected chi connectivity index (χ3v) is 4.86. The van der Waals surface area contributed by atoms with Crippen LogP contribution in [0.5, 0.6) is 0 Å². The zero-order valence-corrected chi connectivity index (χ0v) is 17.6. The van der Waals surface area contributed by atoms with Crippen LogP contribution in [0.15, 0.2) is 45.9 Å². The van der Waals surface area contributed by atoms with Gasteiger partial charge in [0.05, 0.1) is 6.54 Å².